The van der Waals surface area contributed by atoms with E-state index in [1.807, 2.05) is 25.1 Å². The third-order valence-electron chi connectivity index (χ3n) is 5.43. The van der Waals surface area contributed by atoms with E-state index in [2.05, 4.69) is 58.3 Å². The van der Waals surface area contributed by atoms with Crippen LogP contribution in [0.4, 0.5) is 11.4 Å². The number of carbonyl (C=O) groups excluding carboxylic acids is 1. The molecular formula is C22H26N4O. The fourth-order valence-corrected chi connectivity index (χ4v) is 3.68. The average molecular weight is 362 g/mol. The Morgan fingerprint density at radius 1 is 1.00 bits per heavy atom. The summed E-state index contributed by atoms with van der Waals surface area (Å²) in [6.45, 7) is 8.29. The van der Waals surface area contributed by atoms with Gasteiger partial charge in [0.1, 0.15) is 5.69 Å². The highest BCUT2D eigenvalue weighted by molar-refractivity contribution is 6.07. The normalized spacial score (nSPS) is 15.3. The number of amides is 1. The quantitative estimate of drug-likeness (QED) is 0.745. The van der Waals surface area contributed by atoms with Gasteiger partial charge in [-0.15, -0.1) is 0 Å². The summed E-state index contributed by atoms with van der Waals surface area (Å²) in [6, 6.07) is 14.3. The van der Waals surface area contributed by atoms with E-state index in [0.29, 0.717) is 5.69 Å². The van der Waals surface area contributed by atoms with Crippen molar-refractivity contribution in [2.24, 2.45) is 0 Å². The molecule has 0 aliphatic carbocycles. The summed E-state index contributed by atoms with van der Waals surface area (Å²) in [5, 5.41) is 4.12. The van der Waals surface area contributed by atoms with Crippen molar-refractivity contribution >= 4 is 28.2 Å². The molecule has 27 heavy (non-hydrogen) atoms. The maximum atomic E-state index is 12.8. The first-order valence-electron chi connectivity index (χ1n) is 9.45. The Morgan fingerprint density at radius 3 is 2.41 bits per heavy atom. The zero-order valence-electron chi connectivity index (χ0n) is 16.2. The number of nitrogens with zero attached hydrogens (tertiary/aromatic N) is 2. The Morgan fingerprint density at radius 2 is 1.70 bits per heavy atom. The maximum absolute atomic E-state index is 12.8. The molecule has 1 saturated heterocycles. The van der Waals surface area contributed by atoms with Gasteiger partial charge in [0, 0.05) is 48.5 Å². The minimum atomic E-state index is -0.103. The van der Waals surface area contributed by atoms with Gasteiger partial charge in [-0.2, -0.15) is 0 Å². The van der Waals surface area contributed by atoms with Crippen LogP contribution in [-0.2, 0) is 0 Å². The molecule has 1 amide bonds. The van der Waals surface area contributed by atoms with E-state index in [0.717, 1.165) is 48.3 Å². The molecule has 1 fully saturated rings. The van der Waals surface area contributed by atoms with Gasteiger partial charge in [-0.1, -0.05) is 11.6 Å². The van der Waals surface area contributed by atoms with E-state index in [9.17, 15) is 4.79 Å². The van der Waals surface area contributed by atoms with Crippen molar-refractivity contribution < 1.29 is 4.79 Å². The van der Waals surface area contributed by atoms with Gasteiger partial charge in [0.05, 0.1) is 0 Å². The van der Waals surface area contributed by atoms with E-state index < -0.39 is 0 Å². The SMILES string of the molecule is Cc1ccc2[nH]c(C(=O)Nc3ccc(N4CCN(C)CC4)cc3)c(C)c2c1. The van der Waals surface area contributed by atoms with Gasteiger partial charge in [0.15, 0.2) is 0 Å². The van der Waals surface area contributed by atoms with E-state index in [1.165, 1.54) is 11.3 Å². The van der Waals surface area contributed by atoms with Crippen LogP contribution in [0.5, 0.6) is 0 Å². The molecule has 0 radical (unpaired) electrons. The third-order valence-corrected chi connectivity index (χ3v) is 5.43. The van der Waals surface area contributed by atoms with Crippen LogP contribution in [0, 0.1) is 13.8 Å². The average Bonchev–Trinajstić information content (AvgIpc) is 2.99. The summed E-state index contributed by atoms with van der Waals surface area (Å²) in [4.78, 5) is 20.7. The zero-order valence-corrected chi connectivity index (χ0v) is 16.2. The van der Waals surface area contributed by atoms with Crippen molar-refractivity contribution in [1.29, 1.82) is 0 Å². The van der Waals surface area contributed by atoms with Crippen LogP contribution in [0.3, 0.4) is 0 Å². The van der Waals surface area contributed by atoms with Crippen LogP contribution in [0.1, 0.15) is 21.6 Å². The highest BCUT2D eigenvalue weighted by Crippen LogP contribution is 2.24. The third kappa shape index (κ3) is 3.55. The number of anilines is 2. The summed E-state index contributed by atoms with van der Waals surface area (Å²) >= 11 is 0. The fraction of sp³-hybridized carbons (Fsp3) is 0.318. The molecule has 0 unspecified atom stereocenters. The molecular weight excluding hydrogens is 336 g/mol. The molecule has 0 atom stereocenters. The number of hydrogen-bond donors (Lipinski definition) is 2. The van der Waals surface area contributed by atoms with Gasteiger partial charge in [0.2, 0.25) is 0 Å². The first-order valence-corrected chi connectivity index (χ1v) is 9.45. The highest BCUT2D eigenvalue weighted by atomic mass is 16.1. The Hall–Kier alpha value is -2.79. The Kier molecular flexibility index (Phi) is 4.62. The van der Waals surface area contributed by atoms with Gasteiger partial charge in [-0.05, 0) is 62.9 Å². The highest BCUT2D eigenvalue weighted by Gasteiger charge is 2.16. The monoisotopic (exact) mass is 362 g/mol. The largest absolute Gasteiger partial charge is 0.369 e. The number of H-pyrrole nitrogens is 1. The van der Waals surface area contributed by atoms with Gasteiger partial charge in [-0.3, -0.25) is 4.79 Å². The maximum Gasteiger partial charge on any atom is 0.272 e. The predicted octanol–water partition coefficient (Wildman–Crippen LogP) is 3.79. The summed E-state index contributed by atoms with van der Waals surface area (Å²) in [5.41, 5.74) is 5.81. The van der Waals surface area contributed by atoms with E-state index in [-0.39, 0.29) is 5.91 Å². The first-order chi connectivity index (χ1) is 13.0. The van der Waals surface area contributed by atoms with Crippen molar-refractivity contribution in [1.82, 2.24) is 9.88 Å². The van der Waals surface area contributed by atoms with Crippen molar-refractivity contribution in [3.05, 3.63) is 59.3 Å². The summed E-state index contributed by atoms with van der Waals surface area (Å²) in [7, 11) is 2.16. The Labute approximate surface area is 160 Å². The molecule has 2 aromatic carbocycles. The summed E-state index contributed by atoms with van der Waals surface area (Å²) in [5.74, 6) is -0.103. The van der Waals surface area contributed by atoms with Gasteiger partial charge in [0.25, 0.3) is 5.91 Å². The number of fused-ring (bicyclic) bond motifs is 1. The summed E-state index contributed by atoms with van der Waals surface area (Å²) in [6.07, 6.45) is 0. The van der Waals surface area contributed by atoms with Crippen molar-refractivity contribution in [3.8, 4) is 0 Å². The van der Waals surface area contributed by atoms with Crippen LogP contribution < -0.4 is 10.2 Å². The molecule has 2 N–H and O–H groups in total. The number of likely N-dealkylation sites (N-methyl/N-ethyl adjacent to an activating group) is 1. The number of aryl methyl sites for hydroxylation is 2. The van der Waals surface area contributed by atoms with Crippen LogP contribution in [-0.4, -0.2) is 49.0 Å². The number of piperazine rings is 1. The molecule has 4 rings (SSSR count). The molecule has 0 spiro atoms. The molecule has 1 aliphatic heterocycles. The minimum Gasteiger partial charge on any atom is -0.369 e. The van der Waals surface area contributed by atoms with E-state index >= 15 is 0 Å². The second-order valence-corrected chi connectivity index (χ2v) is 7.47. The number of hydrogen-bond acceptors (Lipinski definition) is 3. The molecule has 0 bridgehead atoms. The molecule has 0 saturated carbocycles. The first kappa shape index (κ1) is 17.6. The molecule has 3 aromatic rings. The van der Waals surface area contributed by atoms with Crippen molar-refractivity contribution in [2.75, 3.05) is 43.4 Å². The number of rotatable bonds is 3. The van der Waals surface area contributed by atoms with Crippen molar-refractivity contribution in [3.63, 3.8) is 0 Å². The van der Waals surface area contributed by atoms with Crippen LogP contribution in [0.2, 0.25) is 0 Å². The molecule has 1 aliphatic rings. The lowest BCUT2D eigenvalue weighted by Gasteiger charge is -2.34. The van der Waals surface area contributed by atoms with E-state index in [1.54, 1.807) is 0 Å². The Bertz CT molecular complexity index is 966. The fourth-order valence-electron chi connectivity index (χ4n) is 3.68. The van der Waals surface area contributed by atoms with Crippen molar-refractivity contribution in [2.45, 2.75) is 13.8 Å². The summed E-state index contributed by atoms with van der Waals surface area (Å²) < 4.78 is 0. The molecule has 1 aromatic heterocycles. The topological polar surface area (TPSA) is 51.4 Å². The minimum absolute atomic E-state index is 0.103. The lowest BCUT2D eigenvalue weighted by Crippen LogP contribution is -2.44. The lowest BCUT2D eigenvalue weighted by molar-refractivity contribution is 0.102. The molecule has 2 heterocycles. The number of aromatic amines is 1. The lowest BCUT2D eigenvalue weighted by atomic mass is 10.1. The van der Waals surface area contributed by atoms with Gasteiger partial charge < -0.3 is 20.1 Å². The second-order valence-electron chi connectivity index (χ2n) is 7.47. The van der Waals surface area contributed by atoms with Gasteiger partial charge in [-0.25, -0.2) is 0 Å². The predicted molar refractivity (Wildman–Crippen MR) is 112 cm³/mol. The second kappa shape index (κ2) is 7.08. The number of carbonyl (C=O) groups is 1. The molecule has 140 valence electrons. The van der Waals surface area contributed by atoms with Crippen LogP contribution in [0.15, 0.2) is 42.5 Å². The molecule has 5 nitrogen and oxygen atoms in total. The van der Waals surface area contributed by atoms with Crippen LogP contribution >= 0.6 is 0 Å². The van der Waals surface area contributed by atoms with Gasteiger partial charge >= 0.3 is 0 Å². The zero-order chi connectivity index (χ0) is 19.0. The molecule has 5 heteroatoms. The Balaban J connectivity index is 1.49. The number of nitrogens with one attached hydrogen (secondary N) is 2. The standard InChI is InChI=1S/C22H26N4O/c1-15-4-9-20-19(14-15)16(2)21(24-20)22(27)23-17-5-7-18(8-6-17)26-12-10-25(3)11-13-26/h4-9,14,24H,10-13H2,1-3H3,(H,23,27). The number of benzene rings is 2. The smallest absolute Gasteiger partial charge is 0.272 e. The van der Waals surface area contributed by atoms with E-state index in [4.69, 9.17) is 0 Å². The van der Waals surface area contributed by atoms with Crippen LogP contribution in [0.25, 0.3) is 10.9 Å². The number of aromatic nitrogens is 1.